The molecule has 3 rings (SSSR count). The topological polar surface area (TPSA) is 81.6 Å². The molecule has 0 aliphatic rings. The zero-order valence-electron chi connectivity index (χ0n) is 16.9. The van der Waals surface area contributed by atoms with Crippen LogP contribution in [0.5, 0.6) is 11.5 Å². The van der Waals surface area contributed by atoms with Crippen LogP contribution in [0.15, 0.2) is 54.6 Å². The molecule has 0 spiro atoms. The number of hydrogen-bond donors (Lipinski definition) is 2. The van der Waals surface area contributed by atoms with E-state index in [1.165, 1.54) is 7.11 Å². The van der Waals surface area contributed by atoms with E-state index in [1.54, 1.807) is 47.1 Å². The Morgan fingerprint density at radius 3 is 2.30 bits per heavy atom. The van der Waals surface area contributed by atoms with Gasteiger partial charge in [-0.25, -0.2) is 0 Å². The zero-order chi connectivity index (χ0) is 21.7. The molecule has 2 N–H and O–H groups in total. The molecule has 30 heavy (non-hydrogen) atoms. The van der Waals surface area contributed by atoms with Gasteiger partial charge in [-0.2, -0.15) is 0 Å². The van der Waals surface area contributed by atoms with Gasteiger partial charge >= 0.3 is 0 Å². The van der Waals surface area contributed by atoms with Crippen molar-refractivity contribution in [2.45, 2.75) is 13.8 Å². The number of carbonyl (C=O) groups is 2. The fourth-order valence-corrected chi connectivity index (χ4v) is 3.00. The van der Waals surface area contributed by atoms with E-state index in [0.29, 0.717) is 27.8 Å². The minimum absolute atomic E-state index is 0.205. The van der Waals surface area contributed by atoms with Crippen LogP contribution in [0, 0.1) is 13.8 Å². The number of ether oxygens (including phenoxy) is 2. The maximum Gasteiger partial charge on any atom is 0.270 e. The highest BCUT2D eigenvalue weighted by molar-refractivity contribution is 6.31. The van der Waals surface area contributed by atoms with E-state index in [2.05, 4.69) is 10.7 Å². The predicted octanol–water partition coefficient (Wildman–Crippen LogP) is 4.17. The number of amides is 2. The highest BCUT2D eigenvalue weighted by atomic mass is 35.5. The molecule has 156 valence electrons. The highest BCUT2D eigenvalue weighted by Crippen LogP contribution is 2.27. The Kier molecular flexibility index (Phi) is 6.64. The SMILES string of the molecule is COc1ccc(Cl)cc1NC(=O)COc1ccc(C(=O)Nn2c(C)ccc2C)cc1. The normalized spacial score (nSPS) is 10.4. The molecule has 0 saturated carbocycles. The van der Waals surface area contributed by atoms with Crippen molar-refractivity contribution in [1.82, 2.24) is 4.68 Å². The monoisotopic (exact) mass is 427 g/mol. The summed E-state index contributed by atoms with van der Waals surface area (Å²) in [5, 5.41) is 3.18. The smallest absolute Gasteiger partial charge is 0.270 e. The fourth-order valence-electron chi connectivity index (χ4n) is 2.83. The third-order valence-corrected chi connectivity index (χ3v) is 4.64. The third-order valence-electron chi connectivity index (χ3n) is 4.41. The summed E-state index contributed by atoms with van der Waals surface area (Å²) in [4.78, 5) is 24.6. The number of methoxy groups -OCH3 is 1. The molecule has 2 aromatic carbocycles. The van der Waals surface area contributed by atoms with E-state index in [0.717, 1.165) is 11.4 Å². The van der Waals surface area contributed by atoms with Crippen molar-refractivity contribution >= 4 is 29.1 Å². The van der Waals surface area contributed by atoms with Crippen molar-refractivity contribution in [2.24, 2.45) is 0 Å². The van der Waals surface area contributed by atoms with Crippen LogP contribution in [-0.2, 0) is 4.79 Å². The van der Waals surface area contributed by atoms with Crippen LogP contribution in [-0.4, -0.2) is 30.2 Å². The highest BCUT2D eigenvalue weighted by Gasteiger charge is 2.11. The van der Waals surface area contributed by atoms with Gasteiger partial charge in [0.2, 0.25) is 0 Å². The number of aromatic nitrogens is 1. The van der Waals surface area contributed by atoms with E-state index in [9.17, 15) is 9.59 Å². The van der Waals surface area contributed by atoms with Crippen LogP contribution in [0.3, 0.4) is 0 Å². The standard InChI is InChI=1S/C22H22ClN3O4/c1-14-4-5-15(2)26(14)25-22(28)16-6-9-18(10-7-16)30-13-21(27)24-19-12-17(23)8-11-20(19)29-3/h4-12H,13H2,1-3H3,(H,24,27)(H,25,28). The largest absolute Gasteiger partial charge is 0.495 e. The lowest BCUT2D eigenvalue weighted by Crippen LogP contribution is -2.24. The molecule has 8 heteroatoms. The van der Waals surface area contributed by atoms with Gasteiger partial charge in [-0.1, -0.05) is 11.6 Å². The van der Waals surface area contributed by atoms with Gasteiger partial charge in [0, 0.05) is 22.0 Å². The second-order valence-corrected chi connectivity index (χ2v) is 7.03. The molecular formula is C22H22ClN3O4. The van der Waals surface area contributed by atoms with Gasteiger partial charge in [-0.05, 0) is 68.4 Å². The molecule has 0 radical (unpaired) electrons. The Morgan fingerprint density at radius 1 is 1.00 bits per heavy atom. The Balaban J connectivity index is 1.56. The van der Waals surface area contributed by atoms with Crippen LogP contribution in [0.2, 0.25) is 5.02 Å². The molecule has 3 aromatic rings. The summed E-state index contributed by atoms with van der Waals surface area (Å²) in [7, 11) is 1.51. The molecule has 0 unspecified atom stereocenters. The minimum Gasteiger partial charge on any atom is -0.495 e. The van der Waals surface area contributed by atoms with E-state index >= 15 is 0 Å². The van der Waals surface area contributed by atoms with Gasteiger partial charge in [0.25, 0.3) is 11.8 Å². The molecule has 0 fully saturated rings. The van der Waals surface area contributed by atoms with E-state index in [4.69, 9.17) is 21.1 Å². The number of benzene rings is 2. The Labute approximate surface area is 179 Å². The number of aryl methyl sites for hydroxylation is 2. The number of rotatable bonds is 7. The average molecular weight is 428 g/mol. The van der Waals surface area contributed by atoms with Crippen molar-refractivity contribution in [3.8, 4) is 11.5 Å². The number of hydrogen-bond acceptors (Lipinski definition) is 4. The molecule has 0 saturated heterocycles. The first-order valence-corrected chi connectivity index (χ1v) is 9.57. The van der Waals surface area contributed by atoms with Gasteiger partial charge in [-0.15, -0.1) is 0 Å². The lowest BCUT2D eigenvalue weighted by Gasteiger charge is -2.12. The lowest BCUT2D eigenvalue weighted by atomic mass is 10.2. The number of carbonyl (C=O) groups excluding carboxylic acids is 2. The molecule has 2 amide bonds. The molecule has 0 aliphatic heterocycles. The summed E-state index contributed by atoms with van der Waals surface area (Å²) in [6, 6.07) is 15.3. The molecule has 0 aliphatic carbocycles. The van der Waals surface area contributed by atoms with Crippen LogP contribution in [0.4, 0.5) is 5.69 Å². The maximum absolute atomic E-state index is 12.4. The Morgan fingerprint density at radius 2 is 1.67 bits per heavy atom. The fraction of sp³-hybridized carbons (Fsp3) is 0.182. The first-order valence-electron chi connectivity index (χ1n) is 9.20. The summed E-state index contributed by atoms with van der Waals surface area (Å²) in [5.74, 6) is 0.357. The quantitative estimate of drug-likeness (QED) is 0.593. The van der Waals surface area contributed by atoms with Crippen molar-refractivity contribution in [2.75, 3.05) is 24.5 Å². The van der Waals surface area contributed by atoms with Crippen LogP contribution < -0.4 is 20.2 Å². The molecule has 7 nitrogen and oxygen atoms in total. The van der Waals surface area contributed by atoms with Crippen LogP contribution >= 0.6 is 11.6 Å². The van der Waals surface area contributed by atoms with Crippen molar-refractivity contribution in [1.29, 1.82) is 0 Å². The van der Waals surface area contributed by atoms with Gasteiger partial charge in [0.15, 0.2) is 6.61 Å². The number of nitrogens with zero attached hydrogens (tertiary/aromatic N) is 1. The van der Waals surface area contributed by atoms with Crippen molar-refractivity contribution in [3.63, 3.8) is 0 Å². The molecule has 1 heterocycles. The second-order valence-electron chi connectivity index (χ2n) is 6.60. The molecule has 1 aromatic heterocycles. The second kappa shape index (κ2) is 9.37. The summed E-state index contributed by atoms with van der Waals surface area (Å²) >= 11 is 5.96. The van der Waals surface area contributed by atoms with Crippen LogP contribution in [0.1, 0.15) is 21.7 Å². The first kappa shape index (κ1) is 21.3. The third kappa shape index (κ3) is 5.12. The summed E-state index contributed by atoms with van der Waals surface area (Å²) in [6.07, 6.45) is 0. The maximum atomic E-state index is 12.4. The minimum atomic E-state index is -0.365. The van der Waals surface area contributed by atoms with Gasteiger partial charge < -0.3 is 14.8 Å². The number of anilines is 1. The average Bonchev–Trinajstić information content (AvgIpc) is 3.05. The van der Waals surface area contributed by atoms with Crippen molar-refractivity contribution < 1.29 is 19.1 Å². The van der Waals surface area contributed by atoms with E-state index in [1.807, 2.05) is 26.0 Å². The number of halogens is 1. The predicted molar refractivity (Wildman–Crippen MR) is 116 cm³/mol. The van der Waals surface area contributed by atoms with Gasteiger partial charge in [0.1, 0.15) is 11.5 Å². The van der Waals surface area contributed by atoms with Crippen molar-refractivity contribution in [3.05, 3.63) is 76.6 Å². The number of nitrogens with one attached hydrogen (secondary N) is 2. The first-order chi connectivity index (χ1) is 14.4. The van der Waals surface area contributed by atoms with E-state index in [-0.39, 0.29) is 18.4 Å². The zero-order valence-corrected chi connectivity index (χ0v) is 17.6. The summed E-state index contributed by atoms with van der Waals surface area (Å²) in [5.41, 5.74) is 5.64. The van der Waals surface area contributed by atoms with Gasteiger partial charge in [-0.3, -0.25) is 19.7 Å². The molecular weight excluding hydrogens is 406 g/mol. The summed E-state index contributed by atoms with van der Waals surface area (Å²) < 4.78 is 12.4. The van der Waals surface area contributed by atoms with E-state index < -0.39 is 0 Å². The Bertz CT molecular complexity index is 1040. The Hall–Kier alpha value is -3.45. The lowest BCUT2D eigenvalue weighted by molar-refractivity contribution is -0.118. The van der Waals surface area contributed by atoms with Gasteiger partial charge in [0.05, 0.1) is 12.8 Å². The molecule has 0 bridgehead atoms. The summed E-state index contributed by atoms with van der Waals surface area (Å²) in [6.45, 7) is 3.62. The molecule has 0 atom stereocenters. The van der Waals surface area contributed by atoms with Crippen LogP contribution in [0.25, 0.3) is 0 Å².